The fourth-order valence-electron chi connectivity index (χ4n) is 4.35. The quantitative estimate of drug-likeness (QED) is 0.0840. The molecule has 0 aliphatic rings. The number of hydrogen-bond acceptors (Lipinski definition) is 5. The van der Waals surface area contributed by atoms with Crippen LogP contribution in [0.2, 0.25) is 5.02 Å². The molecule has 0 aliphatic carbocycles. The van der Waals surface area contributed by atoms with Gasteiger partial charge in [-0.3, -0.25) is 4.79 Å². The van der Waals surface area contributed by atoms with Crippen LogP contribution < -0.4 is 15.1 Å². The molecule has 2 N–H and O–H groups in total. The summed E-state index contributed by atoms with van der Waals surface area (Å²) in [6.45, 7) is 1.95. The molecule has 0 radical (unpaired) electrons. The van der Waals surface area contributed by atoms with Crippen LogP contribution in [0.3, 0.4) is 0 Å². The Bertz CT molecular complexity index is 1800. The number of esters is 1. The number of fused-ring (bicyclic) bond motifs is 1. The summed E-state index contributed by atoms with van der Waals surface area (Å²) in [5.74, 6) is -0.645. The highest BCUT2D eigenvalue weighted by Crippen LogP contribution is 2.38. The topological polar surface area (TPSA) is 86.8 Å². The molecule has 7 nitrogen and oxygen atoms in total. The fourth-order valence-corrected chi connectivity index (χ4v) is 4.96. The maximum absolute atomic E-state index is 13.5. The Kier molecular flexibility index (Phi) is 8.23. The van der Waals surface area contributed by atoms with Gasteiger partial charge in [0, 0.05) is 56.9 Å². The summed E-state index contributed by atoms with van der Waals surface area (Å²) in [6, 6.07) is 25.6. The number of carbonyl (C=O) groups is 2. The van der Waals surface area contributed by atoms with Crippen molar-refractivity contribution < 1.29 is 14.3 Å². The first-order valence-electron chi connectivity index (χ1n) is 12.7. The van der Waals surface area contributed by atoms with Gasteiger partial charge in [0.05, 0.1) is 11.8 Å². The van der Waals surface area contributed by atoms with Gasteiger partial charge in [-0.1, -0.05) is 63.4 Å². The van der Waals surface area contributed by atoms with Gasteiger partial charge in [0.15, 0.2) is 0 Å². The van der Waals surface area contributed by atoms with Gasteiger partial charge in [0.2, 0.25) is 0 Å². The minimum Gasteiger partial charge on any atom is -0.422 e. The number of nitrogens with one attached hydrogen (secondary N) is 2. The van der Waals surface area contributed by atoms with Gasteiger partial charge in [-0.2, -0.15) is 5.10 Å². The van der Waals surface area contributed by atoms with E-state index in [1.165, 1.54) is 6.21 Å². The average molecular weight is 630 g/mol. The number of hydrogen-bond donors (Lipinski definition) is 2. The van der Waals surface area contributed by atoms with Crippen LogP contribution in [0.25, 0.3) is 22.0 Å². The van der Waals surface area contributed by atoms with E-state index < -0.39 is 11.9 Å². The maximum atomic E-state index is 13.5. The Hall–Kier alpha value is -4.40. The summed E-state index contributed by atoms with van der Waals surface area (Å²) in [4.78, 5) is 31.4. The lowest BCUT2D eigenvalue weighted by Crippen LogP contribution is -2.19. The van der Waals surface area contributed by atoms with Crippen molar-refractivity contribution >= 4 is 62.2 Å². The predicted molar refractivity (Wildman–Crippen MR) is 168 cm³/mol. The molecule has 0 unspecified atom stereocenters. The van der Waals surface area contributed by atoms with Crippen LogP contribution in [0.15, 0.2) is 94.5 Å². The van der Waals surface area contributed by atoms with Crippen molar-refractivity contribution in [2.24, 2.45) is 5.10 Å². The molecule has 0 aliphatic heterocycles. The number of aromatic amines is 1. The average Bonchev–Trinajstić information content (AvgIpc) is 3.33. The summed E-state index contributed by atoms with van der Waals surface area (Å²) >= 11 is 10.0. The zero-order chi connectivity index (χ0) is 29.1. The van der Waals surface area contributed by atoms with Crippen molar-refractivity contribution in [1.29, 1.82) is 0 Å². The van der Waals surface area contributed by atoms with E-state index in [-0.39, 0.29) is 0 Å². The second kappa shape index (κ2) is 12.0. The summed E-state index contributed by atoms with van der Waals surface area (Å²) in [5.41, 5.74) is 8.07. The van der Waals surface area contributed by atoms with Gasteiger partial charge in [0.25, 0.3) is 5.91 Å². The zero-order valence-corrected chi connectivity index (χ0v) is 24.9. The first kappa shape index (κ1) is 28.1. The van der Waals surface area contributed by atoms with Crippen molar-refractivity contribution in [3.05, 3.63) is 117 Å². The molecule has 206 valence electrons. The molecule has 5 rings (SSSR count). The summed E-state index contributed by atoms with van der Waals surface area (Å²) in [6.07, 6.45) is 1.43. The van der Waals surface area contributed by atoms with Gasteiger partial charge >= 0.3 is 5.97 Å². The van der Waals surface area contributed by atoms with E-state index in [2.05, 4.69) is 31.4 Å². The first-order valence-corrected chi connectivity index (χ1v) is 13.9. The first-order chi connectivity index (χ1) is 19.7. The highest BCUT2D eigenvalue weighted by Gasteiger charge is 2.21. The third kappa shape index (κ3) is 6.19. The molecular formula is C32H26BrClN4O3. The normalized spacial score (nSPS) is 11.1. The van der Waals surface area contributed by atoms with E-state index in [4.69, 9.17) is 16.3 Å². The lowest BCUT2D eigenvalue weighted by molar-refractivity contribution is 0.0734. The third-order valence-corrected chi connectivity index (χ3v) is 7.32. The zero-order valence-electron chi connectivity index (χ0n) is 22.5. The van der Waals surface area contributed by atoms with Crippen LogP contribution in [0, 0.1) is 6.92 Å². The van der Waals surface area contributed by atoms with Gasteiger partial charge in [-0.15, -0.1) is 0 Å². The van der Waals surface area contributed by atoms with Gasteiger partial charge in [0.1, 0.15) is 11.4 Å². The van der Waals surface area contributed by atoms with Gasteiger partial charge < -0.3 is 14.6 Å². The molecular weight excluding hydrogens is 604 g/mol. The number of amides is 1. The standard InChI is InChI=1S/C32H26BrClN4O3/c1-19-8-10-20(11-9-19)32(40)41-28-15-12-22(33)16-21(28)18-35-37-31(39)30-29(24-6-4-5-7-26(24)34)25-17-23(38(2)3)13-14-27(25)36-30/h4-18,36H,1-3H3,(H,37,39). The van der Waals surface area contributed by atoms with E-state index in [1.807, 2.05) is 74.4 Å². The highest BCUT2D eigenvalue weighted by molar-refractivity contribution is 9.10. The minimum absolute atomic E-state index is 0.301. The molecule has 1 heterocycles. The molecule has 5 aromatic rings. The van der Waals surface area contributed by atoms with Crippen LogP contribution in [-0.2, 0) is 0 Å². The smallest absolute Gasteiger partial charge is 0.343 e. The molecule has 1 amide bonds. The van der Waals surface area contributed by atoms with Crippen LogP contribution in [0.1, 0.15) is 32.0 Å². The van der Waals surface area contributed by atoms with Crippen molar-refractivity contribution in [3.63, 3.8) is 0 Å². The predicted octanol–water partition coefficient (Wildman–Crippen LogP) is 7.61. The Morgan fingerprint density at radius 3 is 2.49 bits per heavy atom. The highest BCUT2D eigenvalue weighted by atomic mass is 79.9. The monoisotopic (exact) mass is 628 g/mol. The molecule has 0 spiro atoms. The summed E-state index contributed by atoms with van der Waals surface area (Å²) < 4.78 is 6.40. The van der Waals surface area contributed by atoms with Crippen molar-refractivity contribution in [2.75, 3.05) is 19.0 Å². The van der Waals surface area contributed by atoms with Gasteiger partial charge in [-0.25, -0.2) is 10.2 Å². The largest absolute Gasteiger partial charge is 0.422 e. The summed E-state index contributed by atoms with van der Waals surface area (Å²) in [5, 5.41) is 5.57. The van der Waals surface area contributed by atoms with E-state index >= 15 is 0 Å². The molecule has 0 bridgehead atoms. The van der Waals surface area contributed by atoms with Crippen LogP contribution in [-0.4, -0.2) is 37.2 Å². The Balaban J connectivity index is 1.45. The minimum atomic E-state index is -0.495. The second-order valence-electron chi connectivity index (χ2n) is 9.62. The number of nitrogens with zero attached hydrogens (tertiary/aromatic N) is 2. The van der Waals surface area contributed by atoms with E-state index in [9.17, 15) is 9.59 Å². The van der Waals surface area contributed by atoms with Crippen molar-refractivity contribution in [2.45, 2.75) is 6.92 Å². The van der Waals surface area contributed by atoms with Crippen molar-refractivity contribution in [1.82, 2.24) is 10.4 Å². The number of ether oxygens (including phenoxy) is 1. The maximum Gasteiger partial charge on any atom is 0.343 e. The summed E-state index contributed by atoms with van der Waals surface area (Å²) in [7, 11) is 3.92. The van der Waals surface area contributed by atoms with E-state index in [1.54, 1.807) is 36.4 Å². The lowest BCUT2D eigenvalue weighted by atomic mass is 10.0. The molecule has 4 aromatic carbocycles. The number of anilines is 1. The van der Waals surface area contributed by atoms with E-state index in [0.717, 1.165) is 32.2 Å². The lowest BCUT2D eigenvalue weighted by Gasteiger charge is -2.13. The number of carbonyl (C=O) groups excluding carboxylic acids is 2. The Morgan fingerprint density at radius 1 is 1.00 bits per heavy atom. The second-order valence-corrected chi connectivity index (χ2v) is 10.9. The number of H-pyrrole nitrogens is 1. The molecule has 0 fully saturated rings. The molecule has 0 saturated heterocycles. The number of aromatic nitrogens is 1. The fraction of sp³-hybridized carbons (Fsp3) is 0.0938. The molecule has 9 heteroatoms. The number of benzene rings is 4. The molecule has 41 heavy (non-hydrogen) atoms. The number of aryl methyl sites for hydroxylation is 1. The number of rotatable bonds is 7. The van der Waals surface area contributed by atoms with Crippen LogP contribution in [0.5, 0.6) is 5.75 Å². The van der Waals surface area contributed by atoms with Crippen LogP contribution in [0.4, 0.5) is 5.69 Å². The number of halogens is 2. The Morgan fingerprint density at radius 2 is 1.76 bits per heavy atom. The molecule has 0 saturated carbocycles. The van der Waals surface area contributed by atoms with E-state index in [0.29, 0.717) is 33.2 Å². The molecule has 0 atom stereocenters. The number of hydrazone groups is 1. The SMILES string of the molecule is Cc1ccc(C(=O)Oc2ccc(Br)cc2C=NNC(=O)c2[nH]c3ccc(N(C)C)cc3c2-c2ccccc2Cl)cc1. The van der Waals surface area contributed by atoms with Crippen LogP contribution >= 0.6 is 27.5 Å². The Labute approximate surface area is 250 Å². The third-order valence-electron chi connectivity index (χ3n) is 6.50. The van der Waals surface area contributed by atoms with Gasteiger partial charge in [-0.05, 0) is 61.5 Å². The van der Waals surface area contributed by atoms with Crippen molar-refractivity contribution in [3.8, 4) is 16.9 Å². The molecule has 1 aromatic heterocycles.